The summed E-state index contributed by atoms with van der Waals surface area (Å²) in [6, 6.07) is 9.27. The third kappa shape index (κ3) is 4.16. The van der Waals surface area contributed by atoms with Gasteiger partial charge in [-0.25, -0.2) is 13.8 Å². The van der Waals surface area contributed by atoms with E-state index in [-0.39, 0.29) is 17.4 Å². The number of hydrogen-bond acceptors (Lipinski definition) is 3. The smallest absolute Gasteiger partial charge is 0.252 e. The van der Waals surface area contributed by atoms with Crippen LogP contribution < -0.4 is 10.6 Å². The van der Waals surface area contributed by atoms with Crippen LogP contribution in [0.15, 0.2) is 42.5 Å². The number of hydrogen-bond donors (Lipinski definition) is 3. The number of anilines is 1. The quantitative estimate of drug-likeness (QED) is 0.605. The van der Waals surface area contributed by atoms with E-state index in [4.69, 9.17) is 0 Å². The molecular formula is C20H20F2N4O2. The molecule has 146 valence electrons. The van der Waals surface area contributed by atoms with Crippen molar-refractivity contribution >= 4 is 28.8 Å². The molecular weight excluding hydrogens is 366 g/mol. The number of H-pyrrole nitrogens is 1. The third-order valence-corrected chi connectivity index (χ3v) is 4.59. The summed E-state index contributed by atoms with van der Waals surface area (Å²) in [5.74, 6) is -3.22. The first-order chi connectivity index (χ1) is 13.4. The minimum atomic E-state index is -1.13. The lowest BCUT2D eigenvalue weighted by Gasteiger charge is -2.23. The van der Waals surface area contributed by atoms with E-state index < -0.39 is 29.5 Å². The van der Waals surface area contributed by atoms with E-state index in [1.165, 1.54) is 6.07 Å². The number of amides is 2. The van der Waals surface area contributed by atoms with Crippen molar-refractivity contribution in [3.8, 4) is 0 Å². The number of carbonyl (C=O) groups is 2. The van der Waals surface area contributed by atoms with E-state index in [9.17, 15) is 18.4 Å². The molecule has 3 rings (SSSR count). The van der Waals surface area contributed by atoms with Gasteiger partial charge in [-0.1, -0.05) is 32.4 Å². The van der Waals surface area contributed by atoms with Crippen molar-refractivity contribution in [3.05, 3.63) is 59.7 Å². The Hall–Kier alpha value is -3.29. The molecule has 3 aromatic rings. The lowest BCUT2D eigenvalue weighted by molar-refractivity contribution is -0.119. The molecule has 0 bridgehead atoms. The van der Waals surface area contributed by atoms with Crippen LogP contribution in [0.1, 0.15) is 30.6 Å². The molecule has 6 nitrogen and oxygen atoms in total. The molecule has 0 saturated heterocycles. The van der Waals surface area contributed by atoms with Gasteiger partial charge in [-0.3, -0.25) is 14.9 Å². The lowest BCUT2D eigenvalue weighted by atomic mass is 9.98. The topological polar surface area (TPSA) is 86.9 Å². The fourth-order valence-electron chi connectivity index (χ4n) is 2.77. The van der Waals surface area contributed by atoms with E-state index in [2.05, 4.69) is 20.6 Å². The van der Waals surface area contributed by atoms with Crippen molar-refractivity contribution in [3.63, 3.8) is 0 Å². The van der Waals surface area contributed by atoms with Crippen molar-refractivity contribution in [1.82, 2.24) is 15.3 Å². The molecule has 0 aliphatic heterocycles. The van der Waals surface area contributed by atoms with Crippen LogP contribution >= 0.6 is 0 Å². The van der Waals surface area contributed by atoms with Gasteiger partial charge < -0.3 is 10.3 Å². The summed E-state index contributed by atoms with van der Waals surface area (Å²) in [6.07, 6.45) is 0.621. The van der Waals surface area contributed by atoms with Crippen LogP contribution in [0.25, 0.3) is 11.0 Å². The highest BCUT2D eigenvalue weighted by Gasteiger charge is 2.27. The van der Waals surface area contributed by atoms with Crippen molar-refractivity contribution in [1.29, 1.82) is 0 Å². The minimum absolute atomic E-state index is 0.0660. The average molecular weight is 386 g/mol. The normalized spacial score (nSPS) is 13.1. The van der Waals surface area contributed by atoms with Gasteiger partial charge in [0.05, 0.1) is 11.0 Å². The molecule has 2 amide bonds. The molecule has 0 aliphatic rings. The van der Waals surface area contributed by atoms with Crippen LogP contribution in [0.4, 0.5) is 14.7 Å². The Labute approximate surface area is 160 Å². The molecule has 8 heteroatoms. The number of benzene rings is 2. The zero-order valence-electron chi connectivity index (χ0n) is 15.4. The van der Waals surface area contributed by atoms with Gasteiger partial charge in [-0.2, -0.15) is 0 Å². The number of halogens is 2. The van der Waals surface area contributed by atoms with Crippen molar-refractivity contribution in [2.45, 2.75) is 26.3 Å². The average Bonchev–Trinajstić information content (AvgIpc) is 3.09. The van der Waals surface area contributed by atoms with Gasteiger partial charge in [-0.05, 0) is 36.2 Å². The van der Waals surface area contributed by atoms with Crippen molar-refractivity contribution < 1.29 is 18.4 Å². The number of nitrogens with one attached hydrogen (secondary N) is 3. The van der Waals surface area contributed by atoms with E-state index in [0.717, 1.165) is 17.6 Å². The SMILES string of the molecule is CC[C@H](C)[C@@H](NC(=O)c1ccc(F)c(F)c1)C(=O)Nc1nc2ccccc2[nH]1. The Morgan fingerprint density at radius 2 is 1.89 bits per heavy atom. The Kier molecular flexibility index (Phi) is 5.67. The Balaban J connectivity index is 1.77. The monoisotopic (exact) mass is 386 g/mol. The zero-order valence-corrected chi connectivity index (χ0v) is 15.4. The second-order valence-corrected chi connectivity index (χ2v) is 6.56. The van der Waals surface area contributed by atoms with Crippen LogP contribution in [0.5, 0.6) is 0 Å². The van der Waals surface area contributed by atoms with Gasteiger partial charge in [0, 0.05) is 5.56 Å². The van der Waals surface area contributed by atoms with Crippen LogP contribution in [0, 0.1) is 17.6 Å². The maximum Gasteiger partial charge on any atom is 0.252 e. The number of aromatic nitrogens is 2. The molecule has 0 spiro atoms. The van der Waals surface area contributed by atoms with Crippen LogP contribution in [0.2, 0.25) is 0 Å². The predicted molar refractivity (Wildman–Crippen MR) is 102 cm³/mol. The van der Waals surface area contributed by atoms with Gasteiger partial charge in [-0.15, -0.1) is 0 Å². The molecule has 1 aromatic heterocycles. The van der Waals surface area contributed by atoms with Crippen molar-refractivity contribution in [2.75, 3.05) is 5.32 Å². The third-order valence-electron chi connectivity index (χ3n) is 4.59. The molecule has 2 aromatic carbocycles. The number of carbonyl (C=O) groups excluding carboxylic acids is 2. The van der Waals surface area contributed by atoms with E-state index in [1.54, 1.807) is 6.07 Å². The fraction of sp³-hybridized carbons (Fsp3) is 0.250. The number of aromatic amines is 1. The number of para-hydroxylation sites is 2. The standard InChI is InChI=1S/C20H20F2N4O2/c1-3-11(2)17(25-18(27)12-8-9-13(21)14(22)10-12)19(28)26-20-23-15-6-4-5-7-16(15)24-20/h4-11,17H,3H2,1-2H3,(H,25,27)(H2,23,24,26,28)/t11-,17+/m0/s1. The summed E-state index contributed by atoms with van der Waals surface area (Å²) in [4.78, 5) is 32.5. The summed E-state index contributed by atoms with van der Waals surface area (Å²) in [5.41, 5.74) is 1.40. The number of rotatable bonds is 6. The number of imidazole rings is 1. The molecule has 0 saturated carbocycles. The van der Waals surface area contributed by atoms with E-state index >= 15 is 0 Å². The van der Waals surface area contributed by atoms with Gasteiger partial charge in [0.15, 0.2) is 11.6 Å². The second kappa shape index (κ2) is 8.16. The van der Waals surface area contributed by atoms with Gasteiger partial charge in [0.2, 0.25) is 11.9 Å². The Morgan fingerprint density at radius 3 is 2.57 bits per heavy atom. The largest absolute Gasteiger partial charge is 0.340 e. The molecule has 0 unspecified atom stereocenters. The second-order valence-electron chi connectivity index (χ2n) is 6.56. The molecule has 0 aliphatic carbocycles. The van der Waals surface area contributed by atoms with Crippen LogP contribution in [0.3, 0.4) is 0 Å². The molecule has 2 atom stereocenters. The highest BCUT2D eigenvalue weighted by molar-refractivity contribution is 6.01. The fourth-order valence-corrected chi connectivity index (χ4v) is 2.77. The Morgan fingerprint density at radius 1 is 1.14 bits per heavy atom. The highest BCUT2D eigenvalue weighted by Crippen LogP contribution is 2.16. The van der Waals surface area contributed by atoms with Crippen molar-refractivity contribution in [2.24, 2.45) is 5.92 Å². The summed E-state index contributed by atoms with van der Waals surface area (Å²) >= 11 is 0. The number of nitrogens with zero attached hydrogens (tertiary/aromatic N) is 1. The summed E-state index contributed by atoms with van der Waals surface area (Å²) < 4.78 is 26.5. The molecule has 28 heavy (non-hydrogen) atoms. The highest BCUT2D eigenvalue weighted by atomic mass is 19.2. The first kappa shape index (κ1) is 19.5. The molecule has 0 fully saturated rings. The molecule has 1 heterocycles. The maximum absolute atomic E-state index is 13.4. The summed E-state index contributed by atoms with van der Waals surface area (Å²) in [5, 5.41) is 5.27. The maximum atomic E-state index is 13.4. The zero-order chi connectivity index (χ0) is 20.3. The summed E-state index contributed by atoms with van der Waals surface area (Å²) in [7, 11) is 0. The van der Waals surface area contributed by atoms with Gasteiger partial charge in [0.1, 0.15) is 6.04 Å². The first-order valence-electron chi connectivity index (χ1n) is 8.90. The molecule has 3 N–H and O–H groups in total. The van der Waals surface area contributed by atoms with Crippen LogP contribution in [-0.4, -0.2) is 27.8 Å². The van der Waals surface area contributed by atoms with E-state index in [0.29, 0.717) is 11.9 Å². The minimum Gasteiger partial charge on any atom is -0.340 e. The van der Waals surface area contributed by atoms with Gasteiger partial charge >= 0.3 is 0 Å². The van der Waals surface area contributed by atoms with Gasteiger partial charge in [0.25, 0.3) is 5.91 Å². The first-order valence-corrected chi connectivity index (χ1v) is 8.90. The lowest BCUT2D eigenvalue weighted by Crippen LogP contribution is -2.47. The summed E-state index contributed by atoms with van der Waals surface area (Å²) in [6.45, 7) is 3.70. The number of fused-ring (bicyclic) bond motifs is 1. The molecule has 0 radical (unpaired) electrons. The predicted octanol–water partition coefficient (Wildman–Crippen LogP) is 3.62. The Bertz CT molecular complexity index is 985. The van der Waals surface area contributed by atoms with E-state index in [1.807, 2.05) is 32.0 Å². The van der Waals surface area contributed by atoms with Crippen LogP contribution in [-0.2, 0) is 4.79 Å².